The topological polar surface area (TPSA) is 30.7 Å². The van der Waals surface area contributed by atoms with Crippen molar-refractivity contribution in [1.29, 1.82) is 0 Å². The van der Waals surface area contributed by atoms with Gasteiger partial charge < -0.3 is 0 Å². The summed E-state index contributed by atoms with van der Waals surface area (Å²) in [5, 5.41) is 8.16. The first-order valence-corrected chi connectivity index (χ1v) is 12.5. The van der Waals surface area contributed by atoms with Gasteiger partial charge in [-0.25, -0.2) is 9.97 Å². The zero-order chi connectivity index (χ0) is 24.3. The van der Waals surface area contributed by atoms with E-state index in [9.17, 15) is 0 Å². The molecule has 2 aromatic heterocycles. The first-order valence-electron chi connectivity index (χ1n) is 12.5. The van der Waals surface area contributed by atoms with E-state index in [1.165, 1.54) is 26.9 Å². The Labute approximate surface area is 213 Å². The largest absolute Gasteiger partial charge is 0.277 e. The number of aromatic nitrogens is 3. The van der Waals surface area contributed by atoms with Crippen LogP contribution in [-0.2, 0) is 0 Å². The molecule has 0 aliphatic carbocycles. The van der Waals surface area contributed by atoms with E-state index in [1.807, 2.05) is 6.07 Å². The second-order valence-electron chi connectivity index (χ2n) is 9.46. The van der Waals surface area contributed by atoms with Crippen molar-refractivity contribution in [3.8, 4) is 17.2 Å². The lowest BCUT2D eigenvalue weighted by atomic mass is 10.0. The summed E-state index contributed by atoms with van der Waals surface area (Å²) in [5.41, 5.74) is 5.23. The SMILES string of the molecule is c1ccc(-c2nc(-n3c4ccccc4c4ccc5ccccc5c43)nc3c2ccc2ccccc23)cc1. The molecular formula is C34H21N3. The van der Waals surface area contributed by atoms with Gasteiger partial charge in [-0.3, -0.25) is 4.57 Å². The van der Waals surface area contributed by atoms with Gasteiger partial charge in [-0.05, 0) is 22.9 Å². The molecule has 2 heterocycles. The average Bonchev–Trinajstić information content (AvgIpc) is 3.32. The van der Waals surface area contributed by atoms with Crippen LogP contribution in [0.2, 0.25) is 0 Å². The maximum atomic E-state index is 5.29. The molecule has 0 aliphatic heterocycles. The molecule has 0 fully saturated rings. The predicted molar refractivity (Wildman–Crippen MR) is 154 cm³/mol. The number of hydrogen-bond donors (Lipinski definition) is 0. The molecule has 6 aromatic carbocycles. The van der Waals surface area contributed by atoms with Crippen molar-refractivity contribution < 1.29 is 0 Å². The molecule has 0 bridgehead atoms. The number of fused-ring (bicyclic) bond motifs is 8. The van der Waals surface area contributed by atoms with Crippen molar-refractivity contribution in [1.82, 2.24) is 14.5 Å². The van der Waals surface area contributed by atoms with Gasteiger partial charge in [0.25, 0.3) is 0 Å². The minimum atomic E-state index is 0.685. The highest BCUT2D eigenvalue weighted by atomic mass is 15.2. The molecule has 3 nitrogen and oxygen atoms in total. The number of hydrogen-bond acceptors (Lipinski definition) is 2. The Morgan fingerprint density at radius 3 is 1.86 bits per heavy atom. The van der Waals surface area contributed by atoms with Gasteiger partial charge in [0.2, 0.25) is 5.95 Å². The van der Waals surface area contributed by atoms with Gasteiger partial charge in [0.1, 0.15) is 0 Å². The maximum Gasteiger partial charge on any atom is 0.235 e. The van der Waals surface area contributed by atoms with Gasteiger partial charge in [-0.2, -0.15) is 0 Å². The molecule has 0 saturated heterocycles. The molecule has 37 heavy (non-hydrogen) atoms. The summed E-state index contributed by atoms with van der Waals surface area (Å²) in [6.45, 7) is 0. The number of rotatable bonds is 2. The van der Waals surface area contributed by atoms with E-state index in [2.05, 4.69) is 126 Å². The Bertz CT molecular complexity index is 2140. The third-order valence-corrected chi connectivity index (χ3v) is 7.39. The Morgan fingerprint density at radius 1 is 0.432 bits per heavy atom. The highest BCUT2D eigenvalue weighted by Crippen LogP contribution is 2.38. The van der Waals surface area contributed by atoms with Crippen LogP contribution in [0.3, 0.4) is 0 Å². The monoisotopic (exact) mass is 471 g/mol. The van der Waals surface area contributed by atoms with Crippen LogP contribution in [0.25, 0.3) is 71.5 Å². The predicted octanol–water partition coefficient (Wildman–Crippen LogP) is 8.70. The number of para-hydroxylation sites is 1. The van der Waals surface area contributed by atoms with Crippen LogP contribution >= 0.6 is 0 Å². The van der Waals surface area contributed by atoms with E-state index < -0.39 is 0 Å². The highest BCUT2D eigenvalue weighted by Gasteiger charge is 2.19. The first-order chi connectivity index (χ1) is 18.4. The fourth-order valence-corrected chi connectivity index (χ4v) is 5.71. The van der Waals surface area contributed by atoms with Crippen LogP contribution in [0.15, 0.2) is 127 Å². The van der Waals surface area contributed by atoms with Crippen LogP contribution in [0, 0.1) is 0 Å². The maximum absolute atomic E-state index is 5.29. The third kappa shape index (κ3) is 2.95. The molecule has 0 aliphatic rings. The Morgan fingerprint density at radius 2 is 1.05 bits per heavy atom. The molecule has 8 rings (SSSR count). The second kappa shape index (κ2) is 7.74. The smallest absolute Gasteiger partial charge is 0.235 e. The lowest BCUT2D eigenvalue weighted by Gasteiger charge is -2.14. The zero-order valence-corrected chi connectivity index (χ0v) is 20.0. The van der Waals surface area contributed by atoms with Gasteiger partial charge in [0.15, 0.2) is 0 Å². The fourth-order valence-electron chi connectivity index (χ4n) is 5.71. The molecule has 3 heteroatoms. The summed E-state index contributed by atoms with van der Waals surface area (Å²) < 4.78 is 2.25. The Hall–Kier alpha value is -5.02. The number of nitrogens with zero attached hydrogens (tertiary/aromatic N) is 3. The summed E-state index contributed by atoms with van der Waals surface area (Å²) >= 11 is 0. The van der Waals surface area contributed by atoms with Gasteiger partial charge in [0, 0.05) is 32.5 Å². The summed E-state index contributed by atoms with van der Waals surface area (Å²) in [5.74, 6) is 0.685. The lowest BCUT2D eigenvalue weighted by molar-refractivity contribution is 1.02. The molecule has 0 spiro atoms. The molecule has 0 unspecified atom stereocenters. The summed E-state index contributed by atoms with van der Waals surface area (Å²) in [7, 11) is 0. The van der Waals surface area contributed by atoms with Crippen LogP contribution < -0.4 is 0 Å². The van der Waals surface area contributed by atoms with Crippen LogP contribution in [0.1, 0.15) is 0 Å². The van der Waals surface area contributed by atoms with Crippen LogP contribution in [0.5, 0.6) is 0 Å². The van der Waals surface area contributed by atoms with E-state index in [-0.39, 0.29) is 0 Å². The fraction of sp³-hybridized carbons (Fsp3) is 0. The first kappa shape index (κ1) is 20.2. The Kier molecular flexibility index (Phi) is 4.23. The quantitative estimate of drug-likeness (QED) is 0.236. The lowest BCUT2D eigenvalue weighted by Crippen LogP contribution is -2.04. The summed E-state index contributed by atoms with van der Waals surface area (Å²) in [6.07, 6.45) is 0. The molecule has 172 valence electrons. The van der Waals surface area contributed by atoms with E-state index in [0.29, 0.717) is 5.95 Å². The van der Waals surface area contributed by atoms with Gasteiger partial charge in [-0.1, -0.05) is 115 Å². The van der Waals surface area contributed by atoms with E-state index in [0.717, 1.165) is 38.6 Å². The van der Waals surface area contributed by atoms with Gasteiger partial charge in [-0.15, -0.1) is 0 Å². The van der Waals surface area contributed by atoms with Crippen molar-refractivity contribution in [2.75, 3.05) is 0 Å². The normalized spacial score (nSPS) is 11.8. The van der Waals surface area contributed by atoms with Crippen molar-refractivity contribution in [3.05, 3.63) is 127 Å². The number of benzene rings is 6. The molecule has 0 amide bonds. The van der Waals surface area contributed by atoms with E-state index in [4.69, 9.17) is 9.97 Å². The van der Waals surface area contributed by atoms with Crippen LogP contribution in [0.4, 0.5) is 0 Å². The standard InChI is InChI=1S/C34H21N3/c1-2-12-24(13-3-1)31-29-21-19-22-10-4-6-14-25(22)32(29)36-34(35-31)37-30-17-9-8-16-27(30)28-20-18-23-11-5-7-15-26(23)33(28)37/h1-21H. The molecule has 0 N–H and O–H groups in total. The third-order valence-electron chi connectivity index (χ3n) is 7.39. The molecule has 0 radical (unpaired) electrons. The highest BCUT2D eigenvalue weighted by molar-refractivity contribution is 6.18. The Balaban J connectivity index is 1.60. The van der Waals surface area contributed by atoms with Crippen molar-refractivity contribution >= 4 is 54.3 Å². The average molecular weight is 472 g/mol. The minimum Gasteiger partial charge on any atom is -0.277 e. The molecular weight excluding hydrogens is 450 g/mol. The summed E-state index contributed by atoms with van der Waals surface area (Å²) in [6, 6.07) is 44.8. The van der Waals surface area contributed by atoms with Crippen molar-refractivity contribution in [2.24, 2.45) is 0 Å². The van der Waals surface area contributed by atoms with Crippen molar-refractivity contribution in [2.45, 2.75) is 0 Å². The van der Waals surface area contributed by atoms with Crippen molar-refractivity contribution in [3.63, 3.8) is 0 Å². The van der Waals surface area contributed by atoms with Gasteiger partial charge >= 0.3 is 0 Å². The van der Waals surface area contributed by atoms with E-state index in [1.54, 1.807) is 0 Å². The summed E-state index contributed by atoms with van der Waals surface area (Å²) in [4.78, 5) is 10.6. The van der Waals surface area contributed by atoms with Crippen LogP contribution in [-0.4, -0.2) is 14.5 Å². The molecule has 0 saturated carbocycles. The van der Waals surface area contributed by atoms with Gasteiger partial charge in [0.05, 0.1) is 22.2 Å². The molecule has 0 atom stereocenters. The van der Waals surface area contributed by atoms with E-state index >= 15 is 0 Å². The minimum absolute atomic E-state index is 0.685. The zero-order valence-electron chi connectivity index (χ0n) is 20.0. The second-order valence-corrected chi connectivity index (χ2v) is 9.46. The molecule has 8 aromatic rings.